The van der Waals surface area contributed by atoms with Gasteiger partial charge in [-0.15, -0.1) is 0 Å². The summed E-state index contributed by atoms with van der Waals surface area (Å²) in [7, 11) is 0. The maximum atomic E-state index is 10.5. The van der Waals surface area contributed by atoms with Crippen LogP contribution < -0.4 is 0 Å². The quantitative estimate of drug-likeness (QED) is 0.122. The van der Waals surface area contributed by atoms with Gasteiger partial charge in [0.2, 0.25) is 0 Å². The molecule has 0 amide bonds. The number of hydrogen-bond donors (Lipinski definition) is 0. The lowest BCUT2D eigenvalue weighted by Gasteiger charge is -2.14. The Morgan fingerprint density at radius 3 is 1.38 bits per heavy atom. The van der Waals surface area contributed by atoms with Crippen molar-refractivity contribution in [2.45, 2.75) is 6.92 Å². The van der Waals surface area contributed by atoms with Crippen molar-refractivity contribution < 1.29 is 4.79 Å². The first-order valence-electron chi connectivity index (χ1n) is 10.8. The molecule has 0 spiro atoms. The van der Waals surface area contributed by atoms with Crippen LogP contribution in [0.5, 0.6) is 0 Å². The summed E-state index contributed by atoms with van der Waals surface area (Å²) in [5, 5.41) is 8.94. The average molecular weight is 409 g/mol. The van der Waals surface area contributed by atoms with Crippen molar-refractivity contribution in [2.75, 3.05) is 0 Å². The second-order valence-electron chi connectivity index (χ2n) is 8.23. The Labute approximate surface area is 186 Å². The van der Waals surface area contributed by atoms with E-state index in [9.17, 15) is 5.53 Å². The number of aryl methyl sites for hydroxylation is 1. The van der Waals surface area contributed by atoms with Crippen molar-refractivity contribution in [1.29, 1.82) is 0 Å². The minimum Gasteiger partial charge on any atom is -0.361 e. The fourth-order valence-corrected chi connectivity index (χ4v) is 5.10. The molecule has 0 unspecified atom stereocenters. The standard InChI is InChI=1S/C30H20N2/c1-19-22-12-6-8-16-26(22)29(27-17-9-7-13-23(19)27)30(32-31)28-24-14-4-2-10-20(24)18-21-11-3-5-15-25(21)28/h2-18H,1H3. The number of nitrogens with zero attached hydrogens (tertiary/aromatic N) is 2. The van der Waals surface area contributed by atoms with Gasteiger partial charge < -0.3 is 5.53 Å². The summed E-state index contributed by atoms with van der Waals surface area (Å²) in [6.07, 6.45) is 0. The van der Waals surface area contributed by atoms with Gasteiger partial charge in [0.25, 0.3) is 0 Å². The summed E-state index contributed by atoms with van der Waals surface area (Å²) in [5.41, 5.74) is 14.3. The molecule has 2 heteroatoms. The van der Waals surface area contributed by atoms with E-state index in [4.69, 9.17) is 0 Å². The molecule has 0 bridgehead atoms. The predicted molar refractivity (Wildman–Crippen MR) is 134 cm³/mol. The third-order valence-electron chi connectivity index (χ3n) is 6.55. The van der Waals surface area contributed by atoms with Crippen LogP contribution in [0.3, 0.4) is 0 Å². The first-order chi connectivity index (χ1) is 15.8. The van der Waals surface area contributed by atoms with E-state index >= 15 is 0 Å². The highest BCUT2D eigenvalue weighted by Gasteiger charge is 2.26. The normalized spacial score (nSPS) is 11.3. The lowest BCUT2D eigenvalue weighted by atomic mass is 9.85. The Morgan fingerprint density at radius 2 is 0.906 bits per heavy atom. The van der Waals surface area contributed by atoms with E-state index in [2.05, 4.69) is 90.6 Å². The van der Waals surface area contributed by atoms with E-state index in [1.54, 1.807) is 0 Å². The fourth-order valence-electron chi connectivity index (χ4n) is 5.10. The minimum absolute atomic E-state index is 0.602. The van der Waals surface area contributed by atoms with E-state index < -0.39 is 0 Å². The highest BCUT2D eigenvalue weighted by atomic mass is 14.9. The topological polar surface area (TPSA) is 36.4 Å². The number of benzene rings is 6. The van der Waals surface area contributed by atoms with Gasteiger partial charge in [-0.25, -0.2) is 0 Å². The van der Waals surface area contributed by atoms with Gasteiger partial charge in [0.1, 0.15) is 0 Å². The molecule has 0 aromatic heterocycles. The van der Waals surface area contributed by atoms with Gasteiger partial charge in [-0.2, -0.15) is 4.79 Å². The highest BCUT2D eigenvalue weighted by molar-refractivity contribution is 6.32. The fraction of sp³-hybridized carbons (Fsp3) is 0.0333. The summed E-state index contributed by atoms with van der Waals surface area (Å²) >= 11 is 0. The Hall–Kier alpha value is -4.26. The Balaban J connectivity index is 1.86. The molecule has 0 heterocycles. The molecule has 32 heavy (non-hydrogen) atoms. The maximum absolute atomic E-state index is 10.5. The third-order valence-corrected chi connectivity index (χ3v) is 6.55. The predicted octanol–water partition coefficient (Wildman–Crippen LogP) is 7.68. The second-order valence-corrected chi connectivity index (χ2v) is 8.23. The van der Waals surface area contributed by atoms with E-state index in [1.165, 1.54) is 16.3 Å². The molecule has 6 rings (SSSR count). The molecule has 0 fully saturated rings. The second kappa shape index (κ2) is 7.16. The van der Waals surface area contributed by atoms with Gasteiger partial charge in [0.15, 0.2) is 0 Å². The smallest absolute Gasteiger partial charge is 0.332 e. The van der Waals surface area contributed by atoms with Crippen LogP contribution in [0.4, 0.5) is 0 Å². The van der Waals surface area contributed by atoms with Crippen molar-refractivity contribution >= 4 is 48.8 Å². The van der Waals surface area contributed by atoms with Gasteiger partial charge in [-0.1, -0.05) is 97.1 Å². The van der Waals surface area contributed by atoms with Crippen molar-refractivity contribution in [2.24, 2.45) is 0 Å². The molecule has 0 atom stereocenters. The molecule has 0 aliphatic heterocycles. The minimum atomic E-state index is 0.602. The Kier molecular flexibility index (Phi) is 4.14. The van der Waals surface area contributed by atoms with Crippen LogP contribution >= 0.6 is 0 Å². The molecular weight excluding hydrogens is 388 g/mol. The summed E-state index contributed by atoms with van der Waals surface area (Å²) < 4.78 is 0. The highest BCUT2D eigenvalue weighted by Crippen LogP contribution is 2.37. The number of hydrogen-bond acceptors (Lipinski definition) is 0. The van der Waals surface area contributed by atoms with Crippen molar-refractivity contribution in [3.63, 3.8) is 0 Å². The van der Waals surface area contributed by atoms with Crippen LogP contribution in [0.25, 0.3) is 48.6 Å². The van der Waals surface area contributed by atoms with Crippen molar-refractivity contribution in [1.82, 2.24) is 0 Å². The van der Waals surface area contributed by atoms with Crippen LogP contribution in [-0.4, -0.2) is 10.5 Å². The van der Waals surface area contributed by atoms with E-state index in [1.807, 2.05) is 24.3 Å². The van der Waals surface area contributed by atoms with E-state index in [0.717, 1.165) is 43.4 Å². The first-order valence-corrected chi connectivity index (χ1v) is 10.8. The number of fused-ring (bicyclic) bond motifs is 4. The van der Waals surface area contributed by atoms with Gasteiger partial charge >= 0.3 is 5.71 Å². The lowest BCUT2D eigenvalue weighted by Crippen LogP contribution is -2.09. The van der Waals surface area contributed by atoms with E-state index in [-0.39, 0.29) is 0 Å². The zero-order valence-electron chi connectivity index (χ0n) is 17.7. The van der Waals surface area contributed by atoms with Crippen LogP contribution in [0.2, 0.25) is 0 Å². The van der Waals surface area contributed by atoms with Gasteiger partial charge in [0, 0.05) is 0 Å². The zero-order chi connectivity index (χ0) is 21.7. The summed E-state index contributed by atoms with van der Waals surface area (Å²) in [6, 6.07) is 35.6. The summed E-state index contributed by atoms with van der Waals surface area (Å²) in [5.74, 6) is 0. The summed E-state index contributed by atoms with van der Waals surface area (Å²) in [6.45, 7) is 2.16. The largest absolute Gasteiger partial charge is 0.361 e. The van der Waals surface area contributed by atoms with Crippen LogP contribution in [0.1, 0.15) is 16.7 Å². The van der Waals surface area contributed by atoms with Gasteiger partial charge in [-0.05, 0) is 61.6 Å². The van der Waals surface area contributed by atoms with Crippen molar-refractivity contribution in [3.8, 4) is 0 Å². The summed E-state index contributed by atoms with van der Waals surface area (Å²) in [4.78, 5) is 3.98. The van der Waals surface area contributed by atoms with Crippen LogP contribution in [0, 0.1) is 6.92 Å². The van der Waals surface area contributed by atoms with E-state index in [0.29, 0.717) is 5.71 Å². The molecule has 0 saturated heterocycles. The molecule has 6 aromatic carbocycles. The monoisotopic (exact) mass is 408 g/mol. The van der Waals surface area contributed by atoms with Crippen LogP contribution in [-0.2, 0) is 0 Å². The molecule has 0 N–H and O–H groups in total. The molecule has 0 radical (unpaired) electrons. The molecular formula is C30H20N2. The van der Waals surface area contributed by atoms with Gasteiger partial charge in [-0.3, -0.25) is 0 Å². The SMILES string of the molecule is Cc1c2ccccc2c(C(=[N+]=[N-])c2c3ccccc3cc3ccccc23)c2ccccc12. The molecule has 6 aromatic rings. The maximum Gasteiger partial charge on any atom is 0.332 e. The number of rotatable bonds is 2. The van der Waals surface area contributed by atoms with Crippen molar-refractivity contribution in [3.05, 3.63) is 125 Å². The zero-order valence-corrected chi connectivity index (χ0v) is 17.7. The molecule has 0 aliphatic rings. The molecule has 2 nitrogen and oxygen atoms in total. The molecule has 150 valence electrons. The Morgan fingerprint density at radius 1 is 0.531 bits per heavy atom. The molecule has 0 aliphatic carbocycles. The Bertz CT molecular complexity index is 1630. The average Bonchev–Trinajstić information content (AvgIpc) is 2.85. The first kappa shape index (κ1) is 18.5. The molecule has 0 saturated carbocycles. The van der Waals surface area contributed by atoms with Crippen LogP contribution in [0.15, 0.2) is 103 Å². The lowest BCUT2D eigenvalue weighted by molar-refractivity contribution is -0.00233. The third kappa shape index (κ3) is 2.61. The van der Waals surface area contributed by atoms with Gasteiger partial charge in [0.05, 0.1) is 11.1 Å².